The molecule has 0 bridgehead atoms. The standard InChI is InChI=1S/C26H19FN6O2S/c1-15-6-5-9-20(16(15)2)32-24(34)19-7-3-4-8-21(19)33-25(32)29-30-26(33)36-14-22-28-23(31-35-22)17-10-12-18(27)13-11-17/h3-13H,14H2,1-2H3. The third-order valence-corrected chi connectivity index (χ3v) is 7.02. The van der Waals surface area contributed by atoms with E-state index < -0.39 is 0 Å². The number of nitrogens with zero attached hydrogens (tertiary/aromatic N) is 6. The summed E-state index contributed by atoms with van der Waals surface area (Å²) in [7, 11) is 0. The van der Waals surface area contributed by atoms with E-state index >= 15 is 0 Å². The first-order valence-corrected chi connectivity index (χ1v) is 12.2. The van der Waals surface area contributed by atoms with Crippen LogP contribution in [0.4, 0.5) is 4.39 Å². The number of halogens is 1. The maximum atomic E-state index is 13.6. The van der Waals surface area contributed by atoms with Gasteiger partial charge in [-0.25, -0.2) is 8.96 Å². The lowest BCUT2D eigenvalue weighted by molar-refractivity contribution is 0.391. The second-order valence-electron chi connectivity index (χ2n) is 8.30. The van der Waals surface area contributed by atoms with Crippen molar-refractivity contribution in [1.82, 2.24) is 29.3 Å². The van der Waals surface area contributed by atoms with E-state index in [1.807, 2.05) is 54.6 Å². The van der Waals surface area contributed by atoms with Gasteiger partial charge < -0.3 is 4.52 Å². The van der Waals surface area contributed by atoms with Gasteiger partial charge in [0.05, 0.1) is 22.3 Å². The zero-order chi connectivity index (χ0) is 24.8. The van der Waals surface area contributed by atoms with Crippen molar-refractivity contribution in [3.05, 3.63) is 99.9 Å². The smallest absolute Gasteiger partial charge is 0.267 e. The summed E-state index contributed by atoms with van der Waals surface area (Å²) in [5, 5.41) is 13.9. The fourth-order valence-corrected chi connectivity index (χ4v) is 4.90. The first-order chi connectivity index (χ1) is 17.5. The quantitative estimate of drug-likeness (QED) is 0.304. The Kier molecular flexibility index (Phi) is 5.37. The average molecular weight is 499 g/mol. The SMILES string of the molecule is Cc1cccc(-n2c(=O)c3ccccc3n3c(SCc4nc(-c5ccc(F)cc5)no4)nnc23)c1C. The zero-order valence-electron chi connectivity index (χ0n) is 19.3. The minimum absolute atomic E-state index is 0.156. The molecule has 0 radical (unpaired) electrons. The van der Waals surface area contributed by atoms with E-state index in [1.54, 1.807) is 22.8 Å². The van der Waals surface area contributed by atoms with E-state index in [0.29, 0.717) is 44.9 Å². The summed E-state index contributed by atoms with van der Waals surface area (Å²) in [4.78, 5) is 18.0. The Hall–Kier alpha value is -4.31. The highest BCUT2D eigenvalue weighted by Gasteiger charge is 2.20. The Morgan fingerprint density at radius 3 is 2.61 bits per heavy atom. The topological polar surface area (TPSA) is 91.1 Å². The van der Waals surface area contributed by atoms with Crippen LogP contribution in [0, 0.1) is 19.7 Å². The molecule has 0 amide bonds. The molecule has 3 heterocycles. The van der Waals surface area contributed by atoms with Crippen molar-refractivity contribution in [2.24, 2.45) is 0 Å². The molecule has 0 atom stereocenters. The molecule has 178 valence electrons. The molecule has 36 heavy (non-hydrogen) atoms. The van der Waals surface area contributed by atoms with Gasteiger partial charge in [0, 0.05) is 5.56 Å². The summed E-state index contributed by atoms with van der Waals surface area (Å²) >= 11 is 1.37. The van der Waals surface area contributed by atoms with Gasteiger partial charge >= 0.3 is 0 Å². The van der Waals surface area contributed by atoms with Crippen molar-refractivity contribution < 1.29 is 8.91 Å². The lowest BCUT2D eigenvalue weighted by Gasteiger charge is -2.14. The van der Waals surface area contributed by atoms with E-state index in [9.17, 15) is 9.18 Å². The molecule has 0 fully saturated rings. The van der Waals surface area contributed by atoms with Crippen molar-refractivity contribution in [3.63, 3.8) is 0 Å². The van der Waals surface area contributed by atoms with Crippen molar-refractivity contribution in [3.8, 4) is 17.1 Å². The lowest BCUT2D eigenvalue weighted by atomic mass is 10.1. The molecule has 0 saturated carbocycles. The molecule has 3 aromatic heterocycles. The van der Waals surface area contributed by atoms with Crippen LogP contribution < -0.4 is 5.56 Å². The Labute approximate surface area is 208 Å². The van der Waals surface area contributed by atoms with Crippen molar-refractivity contribution >= 4 is 28.4 Å². The number of aromatic nitrogens is 6. The third kappa shape index (κ3) is 3.66. The predicted octanol–water partition coefficient (Wildman–Crippen LogP) is 5.13. The summed E-state index contributed by atoms with van der Waals surface area (Å²) in [5.41, 5.74) is 4.05. The highest BCUT2D eigenvalue weighted by molar-refractivity contribution is 7.98. The molecular formula is C26H19FN6O2S. The second-order valence-corrected chi connectivity index (χ2v) is 9.24. The van der Waals surface area contributed by atoms with Crippen LogP contribution in [0.15, 0.2) is 81.2 Å². The Morgan fingerprint density at radius 1 is 0.972 bits per heavy atom. The number of para-hydroxylation sites is 1. The minimum Gasteiger partial charge on any atom is -0.338 e. The number of aryl methyl sites for hydroxylation is 1. The van der Waals surface area contributed by atoms with Gasteiger partial charge in [-0.05, 0) is 67.4 Å². The molecule has 0 saturated heterocycles. The molecule has 6 aromatic rings. The summed E-state index contributed by atoms with van der Waals surface area (Å²) < 4.78 is 22.1. The van der Waals surface area contributed by atoms with E-state index in [0.717, 1.165) is 16.8 Å². The maximum absolute atomic E-state index is 13.6. The number of thioether (sulfide) groups is 1. The lowest BCUT2D eigenvalue weighted by Crippen LogP contribution is -2.22. The Bertz CT molecular complexity index is 1810. The van der Waals surface area contributed by atoms with E-state index in [4.69, 9.17) is 4.52 Å². The highest BCUT2D eigenvalue weighted by Crippen LogP contribution is 2.27. The van der Waals surface area contributed by atoms with Crippen LogP contribution >= 0.6 is 11.8 Å². The zero-order valence-corrected chi connectivity index (χ0v) is 20.2. The highest BCUT2D eigenvalue weighted by atomic mass is 32.2. The summed E-state index contributed by atoms with van der Waals surface area (Å²) in [6.45, 7) is 4.00. The fourth-order valence-electron chi connectivity index (χ4n) is 4.12. The number of rotatable bonds is 5. The van der Waals surface area contributed by atoms with Gasteiger partial charge in [-0.3, -0.25) is 9.20 Å². The molecule has 10 heteroatoms. The normalized spacial score (nSPS) is 11.5. The Morgan fingerprint density at radius 2 is 1.78 bits per heavy atom. The van der Waals surface area contributed by atoms with Gasteiger partial charge in [0.1, 0.15) is 5.82 Å². The second kappa shape index (κ2) is 8.72. The molecule has 0 aliphatic carbocycles. The number of hydrogen-bond donors (Lipinski definition) is 0. The average Bonchev–Trinajstić information content (AvgIpc) is 3.53. The molecule has 3 aromatic carbocycles. The van der Waals surface area contributed by atoms with Gasteiger partial charge in [-0.2, -0.15) is 4.98 Å². The molecule has 8 nitrogen and oxygen atoms in total. The number of benzene rings is 3. The minimum atomic E-state index is -0.330. The van der Waals surface area contributed by atoms with Crippen LogP contribution in [0.1, 0.15) is 17.0 Å². The predicted molar refractivity (Wildman–Crippen MR) is 135 cm³/mol. The molecule has 0 spiro atoms. The molecule has 0 N–H and O–H groups in total. The first kappa shape index (κ1) is 22.2. The largest absolute Gasteiger partial charge is 0.338 e. The van der Waals surface area contributed by atoms with Crippen molar-refractivity contribution in [2.45, 2.75) is 24.8 Å². The molecular weight excluding hydrogens is 479 g/mol. The van der Waals surface area contributed by atoms with Crippen LogP contribution in [-0.2, 0) is 5.75 Å². The van der Waals surface area contributed by atoms with Crippen molar-refractivity contribution in [1.29, 1.82) is 0 Å². The first-order valence-electron chi connectivity index (χ1n) is 11.2. The van der Waals surface area contributed by atoms with Gasteiger partial charge in [-0.15, -0.1) is 10.2 Å². The van der Waals surface area contributed by atoms with Crippen molar-refractivity contribution in [2.75, 3.05) is 0 Å². The summed E-state index contributed by atoms with van der Waals surface area (Å²) in [6, 6.07) is 19.2. The molecule has 0 aliphatic rings. The monoisotopic (exact) mass is 498 g/mol. The Balaban J connectivity index is 1.43. The molecule has 6 rings (SSSR count). The number of fused-ring (bicyclic) bond motifs is 3. The van der Waals surface area contributed by atoms with Gasteiger partial charge in [0.2, 0.25) is 17.5 Å². The van der Waals surface area contributed by atoms with Crippen LogP contribution in [0.3, 0.4) is 0 Å². The van der Waals surface area contributed by atoms with Crippen LogP contribution in [0.2, 0.25) is 0 Å². The van der Waals surface area contributed by atoms with Gasteiger partial charge in [-0.1, -0.05) is 41.2 Å². The third-order valence-electron chi connectivity index (χ3n) is 6.11. The van der Waals surface area contributed by atoms with Crippen LogP contribution in [-0.4, -0.2) is 29.3 Å². The van der Waals surface area contributed by atoms with E-state index in [2.05, 4.69) is 20.3 Å². The maximum Gasteiger partial charge on any atom is 0.267 e. The summed E-state index contributed by atoms with van der Waals surface area (Å²) in [5.74, 6) is 1.20. The summed E-state index contributed by atoms with van der Waals surface area (Å²) in [6.07, 6.45) is 0. The van der Waals surface area contributed by atoms with E-state index in [1.165, 1.54) is 23.9 Å². The fraction of sp³-hybridized carbons (Fsp3) is 0.115. The van der Waals surface area contributed by atoms with Gasteiger partial charge in [0.25, 0.3) is 5.56 Å². The van der Waals surface area contributed by atoms with E-state index in [-0.39, 0.29) is 11.4 Å². The molecule has 0 aliphatic heterocycles. The van der Waals surface area contributed by atoms with Gasteiger partial charge in [0.15, 0.2) is 5.16 Å². The number of hydrogen-bond acceptors (Lipinski definition) is 7. The molecule has 0 unspecified atom stereocenters. The van der Waals surface area contributed by atoms with Crippen LogP contribution in [0.25, 0.3) is 33.8 Å². The van der Waals surface area contributed by atoms with Crippen LogP contribution in [0.5, 0.6) is 0 Å².